The lowest BCUT2D eigenvalue weighted by Gasteiger charge is -2.16. The summed E-state index contributed by atoms with van der Waals surface area (Å²) in [6, 6.07) is 2.29. The molecule has 1 atom stereocenters. The first-order chi connectivity index (χ1) is 8.61. The lowest BCUT2D eigenvalue weighted by molar-refractivity contribution is -0.139. The van der Waals surface area contributed by atoms with Gasteiger partial charge in [0, 0.05) is 4.47 Å². The number of nitrogens with two attached hydrogens (primary N) is 1. The molecule has 3 nitrogen and oxygen atoms in total. The smallest absolute Gasteiger partial charge is 0.396 e. The third kappa shape index (κ3) is 4.38. The minimum absolute atomic E-state index is 0.112. The van der Waals surface area contributed by atoms with Gasteiger partial charge in [0.15, 0.2) is 0 Å². The van der Waals surface area contributed by atoms with E-state index in [1.165, 1.54) is 13.0 Å². The van der Waals surface area contributed by atoms with Crippen molar-refractivity contribution in [3.05, 3.63) is 28.0 Å². The molecule has 0 fully saturated rings. The number of hydrogen-bond donors (Lipinski definition) is 2. The van der Waals surface area contributed by atoms with Crippen LogP contribution in [0.4, 0.5) is 23.2 Å². The average molecular weight is 343 g/mol. The maximum Gasteiger partial charge on any atom is 0.405 e. The van der Waals surface area contributed by atoms with Gasteiger partial charge < -0.3 is 11.1 Å². The molecule has 1 amide bonds. The predicted molar refractivity (Wildman–Crippen MR) is 66.0 cm³/mol. The van der Waals surface area contributed by atoms with Crippen molar-refractivity contribution in [3.63, 3.8) is 0 Å². The van der Waals surface area contributed by atoms with E-state index in [0.29, 0.717) is 4.47 Å². The number of nitrogens with one attached hydrogen (secondary N) is 1. The molecule has 0 aromatic heterocycles. The summed E-state index contributed by atoms with van der Waals surface area (Å²) in [5, 5.41) is 1.74. The minimum Gasteiger partial charge on any atom is -0.396 e. The molecule has 0 bridgehead atoms. The first-order valence-electron chi connectivity index (χ1n) is 5.20. The molecule has 0 aliphatic carbocycles. The molecule has 0 unspecified atom stereocenters. The van der Waals surface area contributed by atoms with Gasteiger partial charge in [0.1, 0.15) is 12.4 Å². The van der Waals surface area contributed by atoms with Crippen LogP contribution in [0.25, 0.3) is 0 Å². The number of benzene rings is 1. The number of hydrogen-bond acceptors (Lipinski definition) is 2. The number of amides is 1. The van der Waals surface area contributed by atoms with Crippen LogP contribution in [0.1, 0.15) is 18.4 Å². The van der Waals surface area contributed by atoms with Crippen LogP contribution in [-0.2, 0) is 4.79 Å². The highest BCUT2D eigenvalue weighted by Crippen LogP contribution is 2.29. The van der Waals surface area contributed by atoms with Crippen LogP contribution in [-0.4, -0.2) is 18.6 Å². The van der Waals surface area contributed by atoms with Gasteiger partial charge in [0.25, 0.3) is 0 Å². The number of carbonyl (C=O) groups excluding carboxylic acids is 1. The van der Waals surface area contributed by atoms with E-state index in [1.54, 1.807) is 5.32 Å². The molecule has 8 heteroatoms. The van der Waals surface area contributed by atoms with E-state index in [1.807, 2.05) is 0 Å². The van der Waals surface area contributed by atoms with Crippen molar-refractivity contribution in [2.75, 3.05) is 12.3 Å². The number of alkyl halides is 3. The fourth-order valence-electron chi connectivity index (χ4n) is 1.39. The molecule has 0 saturated heterocycles. The Labute approximate surface area is 115 Å². The lowest BCUT2D eigenvalue weighted by Crippen LogP contribution is -2.36. The molecule has 3 N–H and O–H groups in total. The Morgan fingerprint density at radius 1 is 1.47 bits per heavy atom. The topological polar surface area (TPSA) is 55.1 Å². The van der Waals surface area contributed by atoms with Gasteiger partial charge in [-0.15, -0.1) is 0 Å². The van der Waals surface area contributed by atoms with Gasteiger partial charge in [-0.3, -0.25) is 4.79 Å². The second kappa shape index (κ2) is 5.77. The van der Waals surface area contributed by atoms with Crippen LogP contribution < -0.4 is 11.1 Å². The third-order valence-electron chi connectivity index (χ3n) is 2.44. The summed E-state index contributed by atoms with van der Waals surface area (Å²) < 4.78 is 49.6. The molecule has 106 valence electrons. The third-order valence-corrected chi connectivity index (χ3v) is 3.13. The molecule has 0 spiro atoms. The summed E-state index contributed by atoms with van der Waals surface area (Å²) in [5.74, 6) is -2.51. The number of halogens is 5. The van der Waals surface area contributed by atoms with Crippen molar-refractivity contribution >= 4 is 27.5 Å². The summed E-state index contributed by atoms with van der Waals surface area (Å²) in [7, 11) is 0. The lowest BCUT2D eigenvalue weighted by atomic mass is 10.00. The van der Waals surface area contributed by atoms with Crippen molar-refractivity contribution < 1.29 is 22.4 Å². The minimum atomic E-state index is -4.49. The summed E-state index contributed by atoms with van der Waals surface area (Å²) >= 11 is 3.09. The van der Waals surface area contributed by atoms with Gasteiger partial charge >= 0.3 is 6.18 Å². The zero-order valence-electron chi connectivity index (χ0n) is 9.81. The average Bonchev–Trinajstić information content (AvgIpc) is 2.29. The summed E-state index contributed by atoms with van der Waals surface area (Å²) in [4.78, 5) is 11.6. The van der Waals surface area contributed by atoms with Crippen LogP contribution in [0.15, 0.2) is 16.6 Å². The van der Waals surface area contributed by atoms with Gasteiger partial charge in [0.2, 0.25) is 5.91 Å². The standard InChI is InChI=1S/C11H11BrF4N2O/c1-5(10(19)18-4-11(14,15)16)6-2-8(13)9(17)3-7(6)12/h2-3,5H,4,17H2,1H3,(H,18,19)/t5-/m0/s1. The number of rotatable bonds is 3. The van der Waals surface area contributed by atoms with Crippen LogP contribution in [0, 0.1) is 5.82 Å². The highest BCUT2D eigenvalue weighted by atomic mass is 79.9. The Kier molecular flexibility index (Phi) is 4.78. The van der Waals surface area contributed by atoms with E-state index in [0.717, 1.165) is 6.07 Å². The van der Waals surface area contributed by atoms with E-state index in [9.17, 15) is 22.4 Å². The van der Waals surface area contributed by atoms with Crippen molar-refractivity contribution in [1.29, 1.82) is 0 Å². The highest BCUT2D eigenvalue weighted by molar-refractivity contribution is 9.10. The maximum absolute atomic E-state index is 13.3. The van der Waals surface area contributed by atoms with Crippen molar-refractivity contribution in [1.82, 2.24) is 5.32 Å². The van der Waals surface area contributed by atoms with Gasteiger partial charge in [-0.05, 0) is 24.6 Å². The van der Waals surface area contributed by atoms with E-state index >= 15 is 0 Å². The molecule has 0 saturated carbocycles. The molecule has 1 aromatic rings. The Balaban J connectivity index is 2.85. The van der Waals surface area contributed by atoms with Crippen LogP contribution >= 0.6 is 15.9 Å². The monoisotopic (exact) mass is 342 g/mol. The van der Waals surface area contributed by atoms with E-state index in [4.69, 9.17) is 5.73 Å². The molecule has 0 radical (unpaired) electrons. The molecular weight excluding hydrogens is 332 g/mol. The van der Waals surface area contributed by atoms with E-state index in [2.05, 4.69) is 15.9 Å². The zero-order chi connectivity index (χ0) is 14.8. The molecule has 19 heavy (non-hydrogen) atoms. The summed E-state index contributed by atoms with van der Waals surface area (Å²) in [6.07, 6.45) is -4.49. The van der Waals surface area contributed by atoms with Crippen molar-refractivity contribution in [2.45, 2.75) is 19.0 Å². The SMILES string of the molecule is C[C@H](C(=O)NCC(F)(F)F)c1cc(F)c(N)cc1Br. The molecule has 0 aliphatic heterocycles. The highest BCUT2D eigenvalue weighted by Gasteiger charge is 2.29. The number of carbonyl (C=O) groups is 1. The fraction of sp³-hybridized carbons (Fsp3) is 0.364. The van der Waals surface area contributed by atoms with Crippen molar-refractivity contribution in [3.8, 4) is 0 Å². The molecular formula is C11H11BrF4N2O. The van der Waals surface area contributed by atoms with E-state index < -0.39 is 30.4 Å². The Bertz CT molecular complexity index is 490. The van der Waals surface area contributed by atoms with Crippen LogP contribution in [0.5, 0.6) is 0 Å². The quantitative estimate of drug-likeness (QED) is 0.655. The molecule has 0 aliphatic rings. The number of anilines is 1. The normalized spacial score (nSPS) is 13.2. The fourth-order valence-corrected chi connectivity index (χ4v) is 2.10. The second-order valence-electron chi connectivity index (χ2n) is 3.95. The van der Waals surface area contributed by atoms with Crippen molar-refractivity contribution in [2.24, 2.45) is 0 Å². The van der Waals surface area contributed by atoms with Gasteiger partial charge in [-0.25, -0.2) is 4.39 Å². The molecule has 1 rings (SSSR count). The predicted octanol–water partition coefficient (Wildman–Crippen LogP) is 2.95. The summed E-state index contributed by atoms with van der Waals surface area (Å²) in [5.41, 5.74) is 5.44. The molecule has 1 aromatic carbocycles. The largest absolute Gasteiger partial charge is 0.405 e. The summed E-state index contributed by atoms with van der Waals surface area (Å²) in [6.45, 7) is -0.0489. The van der Waals surface area contributed by atoms with Crippen LogP contribution in [0.2, 0.25) is 0 Å². The first kappa shape index (κ1) is 15.7. The van der Waals surface area contributed by atoms with E-state index in [-0.39, 0.29) is 11.3 Å². The number of nitrogen functional groups attached to an aromatic ring is 1. The Morgan fingerprint density at radius 3 is 2.58 bits per heavy atom. The maximum atomic E-state index is 13.3. The Hall–Kier alpha value is -1.31. The van der Waals surface area contributed by atoms with Crippen LogP contribution in [0.3, 0.4) is 0 Å². The Morgan fingerprint density at radius 2 is 2.05 bits per heavy atom. The van der Waals surface area contributed by atoms with Gasteiger partial charge in [-0.1, -0.05) is 15.9 Å². The first-order valence-corrected chi connectivity index (χ1v) is 6.00. The second-order valence-corrected chi connectivity index (χ2v) is 4.80. The molecule has 0 heterocycles. The van der Waals surface area contributed by atoms with Gasteiger partial charge in [-0.2, -0.15) is 13.2 Å². The van der Waals surface area contributed by atoms with Gasteiger partial charge in [0.05, 0.1) is 11.6 Å². The zero-order valence-corrected chi connectivity index (χ0v) is 11.4.